The van der Waals surface area contributed by atoms with E-state index in [1.165, 1.54) is 12.1 Å². The van der Waals surface area contributed by atoms with Gasteiger partial charge in [-0.2, -0.15) is 0 Å². The van der Waals surface area contributed by atoms with Crippen LogP contribution in [0.1, 0.15) is 41.0 Å². The van der Waals surface area contributed by atoms with Crippen LogP contribution >= 0.6 is 0 Å². The zero-order valence-electron chi connectivity index (χ0n) is 13.4. The quantitative estimate of drug-likeness (QED) is 0.618. The van der Waals surface area contributed by atoms with E-state index in [2.05, 4.69) is 43.3 Å². The van der Waals surface area contributed by atoms with Gasteiger partial charge in [-0.25, -0.2) is 4.98 Å². The summed E-state index contributed by atoms with van der Waals surface area (Å²) in [6.45, 7) is 11.6. The van der Waals surface area contributed by atoms with Crippen molar-refractivity contribution in [1.82, 2.24) is 4.98 Å². The Bertz CT molecular complexity index is 541. The molecule has 1 aromatic rings. The standard InChI is InChI=1S/C15H24N4O2/c1-6-7-16-11-8-10(19(20)21)9-12(17-11)18-13-14(2,3)15(13,4)5/h8-9,13H,6-7H2,1-5H3,(H2,16,17,18). The Balaban J connectivity index is 2.23. The largest absolute Gasteiger partial charge is 0.370 e. The number of pyridine rings is 1. The Morgan fingerprint density at radius 1 is 1.24 bits per heavy atom. The molecule has 0 atom stereocenters. The van der Waals surface area contributed by atoms with Crippen LogP contribution in [-0.4, -0.2) is 22.5 Å². The maximum absolute atomic E-state index is 11.1. The van der Waals surface area contributed by atoms with Crippen molar-refractivity contribution >= 4 is 17.3 Å². The second kappa shape index (κ2) is 5.16. The maximum atomic E-state index is 11.1. The lowest BCUT2D eigenvalue weighted by Gasteiger charge is -2.10. The Hall–Kier alpha value is -1.85. The van der Waals surface area contributed by atoms with Crippen LogP contribution in [0.3, 0.4) is 0 Å². The number of aromatic nitrogens is 1. The molecule has 1 saturated carbocycles. The molecule has 0 amide bonds. The molecule has 1 heterocycles. The van der Waals surface area contributed by atoms with Crippen molar-refractivity contribution < 1.29 is 4.92 Å². The average molecular weight is 292 g/mol. The van der Waals surface area contributed by atoms with Gasteiger partial charge in [0, 0.05) is 12.6 Å². The van der Waals surface area contributed by atoms with Crippen LogP contribution in [0.25, 0.3) is 0 Å². The van der Waals surface area contributed by atoms with Crippen LogP contribution < -0.4 is 10.6 Å². The molecule has 1 aliphatic rings. The van der Waals surface area contributed by atoms with E-state index in [1.807, 2.05) is 6.92 Å². The molecule has 21 heavy (non-hydrogen) atoms. The molecule has 6 heteroatoms. The number of nitro groups is 1. The maximum Gasteiger partial charge on any atom is 0.276 e. The predicted molar refractivity (Wildman–Crippen MR) is 84.6 cm³/mol. The van der Waals surface area contributed by atoms with Crippen molar-refractivity contribution in [2.75, 3.05) is 17.2 Å². The normalized spacial score (nSPS) is 19.1. The fraction of sp³-hybridized carbons (Fsp3) is 0.667. The predicted octanol–water partition coefficient (Wildman–Crippen LogP) is 3.66. The van der Waals surface area contributed by atoms with E-state index in [9.17, 15) is 10.1 Å². The molecule has 1 aliphatic carbocycles. The van der Waals surface area contributed by atoms with Gasteiger partial charge in [-0.1, -0.05) is 34.6 Å². The highest BCUT2D eigenvalue weighted by Crippen LogP contribution is 2.63. The number of hydrogen-bond donors (Lipinski definition) is 2. The van der Waals surface area contributed by atoms with Gasteiger partial charge in [0.2, 0.25) is 0 Å². The Morgan fingerprint density at radius 3 is 2.29 bits per heavy atom. The van der Waals surface area contributed by atoms with Crippen molar-refractivity contribution in [2.45, 2.75) is 47.1 Å². The van der Waals surface area contributed by atoms with Gasteiger partial charge in [0.15, 0.2) is 0 Å². The van der Waals surface area contributed by atoms with Gasteiger partial charge in [-0.15, -0.1) is 0 Å². The summed E-state index contributed by atoms with van der Waals surface area (Å²) in [6.07, 6.45) is 0.940. The van der Waals surface area contributed by atoms with Gasteiger partial charge in [0.05, 0.1) is 17.1 Å². The lowest BCUT2D eigenvalue weighted by Crippen LogP contribution is -2.13. The zero-order chi connectivity index (χ0) is 15.8. The van der Waals surface area contributed by atoms with E-state index < -0.39 is 0 Å². The summed E-state index contributed by atoms with van der Waals surface area (Å²) < 4.78 is 0. The van der Waals surface area contributed by atoms with Crippen molar-refractivity contribution in [3.8, 4) is 0 Å². The number of rotatable bonds is 6. The monoisotopic (exact) mass is 292 g/mol. The van der Waals surface area contributed by atoms with Gasteiger partial charge in [-0.3, -0.25) is 10.1 Å². The van der Waals surface area contributed by atoms with Gasteiger partial charge < -0.3 is 10.6 Å². The molecule has 0 radical (unpaired) electrons. The van der Waals surface area contributed by atoms with E-state index in [-0.39, 0.29) is 27.5 Å². The summed E-state index contributed by atoms with van der Waals surface area (Å²) in [5.74, 6) is 1.11. The first-order chi connectivity index (χ1) is 9.70. The minimum absolute atomic E-state index is 0.0577. The molecule has 1 fully saturated rings. The minimum Gasteiger partial charge on any atom is -0.370 e. The van der Waals surface area contributed by atoms with Crippen LogP contribution in [0.15, 0.2) is 12.1 Å². The molecule has 0 saturated heterocycles. The highest BCUT2D eigenvalue weighted by molar-refractivity contribution is 5.56. The smallest absolute Gasteiger partial charge is 0.276 e. The van der Waals surface area contributed by atoms with Crippen molar-refractivity contribution in [3.63, 3.8) is 0 Å². The SMILES string of the molecule is CCCNc1cc([N+](=O)[O-])cc(NC2C(C)(C)C2(C)C)n1. The van der Waals surface area contributed by atoms with Gasteiger partial charge in [0.1, 0.15) is 11.6 Å². The second-order valence-corrected chi connectivity index (χ2v) is 6.80. The van der Waals surface area contributed by atoms with Crippen LogP contribution in [0, 0.1) is 20.9 Å². The van der Waals surface area contributed by atoms with Crippen molar-refractivity contribution in [3.05, 3.63) is 22.2 Å². The summed E-state index contributed by atoms with van der Waals surface area (Å²) in [4.78, 5) is 15.1. The van der Waals surface area contributed by atoms with Crippen LogP contribution in [0.5, 0.6) is 0 Å². The first kappa shape index (κ1) is 15.5. The molecule has 0 spiro atoms. The van der Waals surface area contributed by atoms with Crippen LogP contribution in [0.2, 0.25) is 0 Å². The third kappa shape index (κ3) is 2.80. The van der Waals surface area contributed by atoms with E-state index in [0.29, 0.717) is 11.6 Å². The molecule has 2 rings (SSSR count). The summed E-state index contributed by atoms with van der Waals surface area (Å²) in [5, 5.41) is 17.5. The summed E-state index contributed by atoms with van der Waals surface area (Å²) >= 11 is 0. The van der Waals surface area contributed by atoms with E-state index in [0.717, 1.165) is 13.0 Å². The molecule has 0 unspecified atom stereocenters. The molecule has 0 aromatic carbocycles. The molecule has 1 aromatic heterocycles. The molecule has 6 nitrogen and oxygen atoms in total. The summed E-state index contributed by atoms with van der Waals surface area (Å²) in [5.41, 5.74) is 0.356. The second-order valence-electron chi connectivity index (χ2n) is 6.80. The fourth-order valence-corrected chi connectivity index (χ4v) is 2.74. The third-order valence-corrected chi connectivity index (χ3v) is 4.89. The molecule has 0 bridgehead atoms. The van der Waals surface area contributed by atoms with E-state index >= 15 is 0 Å². The molecule has 0 aliphatic heterocycles. The Kier molecular flexibility index (Phi) is 3.82. The van der Waals surface area contributed by atoms with Gasteiger partial charge in [0.25, 0.3) is 5.69 Å². The number of anilines is 2. The van der Waals surface area contributed by atoms with Crippen molar-refractivity contribution in [2.24, 2.45) is 10.8 Å². The first-order valence-corrected chi connectivity index (χ1v) is 7.37. The number of nitrogens with zero attached hydrogens (tertiary/aromatic N) is 2. The van der Waals surface area contributed by atoms with E-state index in [1.54, 1.807) is 0 Å². The van der Waals surface area contributed by atoms with Crippen LogP contribution in [-0.2, 0) is 0 Å². The highest BCUT2D eigenvalue weighted by atomic mass is 16.6. The van der Waals surface area contributed by atoms with Crippen LogP contribution in [0.4, 0.5) is 17.3 Å². The molecular formula is C15H24N4O2. The topological polar surface area (TPSA) is 80.1 Å². The summed E-state index contributed by atoms with van der Waals surface area (Å²) in [7, 11) is 0. The lowest BCUT2D eigenvalue weighted by atomic mass is 10.0. The molecule has 116 valence electrons. The molecular weight excluding hydrogens is 268 g/mol. The Labute approximate surface area is 125 Å². The van der Waals surface area contributed by atoms with Crippen molar-refractivity contribution in [1.29, 1.82) is 0 Å². The number of nitrogens with one attached hydrogen (secondary N) is 2. The molecule has 2 N–H and O–H groups in total. The lowest BCUT2D eigenvalue weighted by molar-refractivity contribution is -0.384. The fourth-order valence-electron chi connectivity index (χ4n) is 2.74. The number of hydrogen-bond acceptors (Lipinski definition) is 5. The summed E-state index contributed by atoms with van der Waals surface area (Å²) in [6, 6.07) is 3.24. The Morgan fingerprint density at radius 2 is 1.81 bits per heavy atom. The highest BCUT2D eigenvalue weighted by Gasteiger charge is 2.65. The first-order valence-electron chi connectivity index (χ1n) is 7.37. The zero-order valence-corrected chi connectivity index (χ0v) is 13.4. The third-order valence-electron chi connectivity index (χ3n) is 4.89. The van der Waals surface area contributed by atoms with Gasteiger partial charge in [-0.05, 0) is 17.3 Å². The van der Waals surface area contributed by atoms with Gasteiger partial charge >= 0.3 is 0 Å². The minimum atomic E-state index is -0.382. The van der Waals surface area contributed by atoms with E-state index in [4.69, 9.17) is 0 Å². The average Bonchev–Trinajstić information content (AvgIpc) is 2.78.